The monoisotopic (exact) mass is 498 g/mol. The topological polar surface area (TPSA) is 127 Å². The highest BCUT2D eigenvalue weighted by Gasteiger charge is 2.13. The van der Waals surface area contributed by atoms with Crippen molar-refractivity contribution >= 4 is 56.1 Å². The highest BCUT2D eigenvalue weighted by atomic mass is 32.1. The smallest absolute Gasteiger partial charge is 0.335 e. The molecule has 0 spiro atoms. The molecule has 2 N–H and O–H groups in total. The number of carbonyl (C=O) groups excluding carboxylic acids is 1. The van der Waals surface area contributed by atoms with E-state index >= 15 is 0 Å². The van der Waals surface area contributed by atoms with Crippen molar-refractivity contribution in [1.82, 2.24) is 9.99 Å². The molecule has 178 valence electrons. The summed E-state index contributed by atoms with van der Waals surface area (Å²) in [5, 5.41) is 25.9. The Bertz CT molecular complexity index is 1680. The second kappa shape index (κ2) is 9.43. The predicted molar refractivity (Wildman–Crippen MR) is 138 cm³/mol. The highest BCUT2D eigenvalue weighted by Crippen LogP contribution is 2.29. The van der Waals surface area contributed by atoms with E-state index in [0.717, 1.165) is 26.7 Å². The summed E-state index contributed by atoms with van der Waals surface area (Å²) < 4.78 is 2.77. The second-order valence-corrected chi connectivity index (χ2v) is 9.11. The SMILES string of the molecule is O=C(O)c1cccc(Cn2cc(C=NNC(=O)c3cc4cc([N+](=O)[O-])ccc4s3)c3ccccc32)c1. The lowest BCUT2D eigenvalue weighted by atomic mass is 10.1. The molecule has 1 amide bonds. The molecule has 0 saturated heterocycles. The van der Waals surface area contributed by atoms with Crippen molar-refractivity contribution in [3.8, 4) is 0 Å². The number of amides is 1. The van der Waals surface area contributed by atoms with Crippen LogP contribution in [0.15, 0.2) is 84.1 Å². The molecule has 5 aromatic rings. The summed E-state index contributed by atoms with van der Waals surface area (Å²) >= 11 is 1.23. The molecule has 0 saturated carbocycles. The number of fused-ring (bicyclic) bond motifs is 2. The maximum absolute atomic E-state index is 12.6. The van der Waals surface area contributed by atoms with Gasteiger partial charge in [0.25, 0.3) is 11.6 Å². The number of nitro benzene ring substituents is 1. The van der Waals surface area contributed by atoms with Crippen molar-refractivity contribution in [2.45, 2.75) is 6.54 Å². The second-order valence-electron chi connectivity index (χ2n) is 8.02. The van der Waals surface area contributed by atoms with Gasteiger partial charge in [-0.1, -0.05) is 30.3 Å². The summed E-state index contributed by atoms with van der Waals surface area (Å²) in [6.07, 6.45) is 3.45. The number of benzene rings is 3. The molecular weight excluding hydrogens is 480 g/mol. The number of aromatic nitrogens is 1. The number of nitrogens with one attached hydrogen (secondary N) is 1. The number of hydrazone groups is 1. The molecule has 2 aromatic heterocycles. The van der Waals surface area contributed by atoms with Crippen LogP contribution in [-0.4, -0.2) is 32.7 Å². The van der Waals surface area contributed by atoms with Crippen LogP contribution in [-0.2, 0) is 6.54 Å². The standard InChI is InChI=1S/C26H18N4O5S/c31-25(24-12-18-11-20(30(34)35)8-9-23(18)36-24)28-27-13-19-15-29(22-7-2-1-6-21(19)22)14-16-4-3-5-17(10-16)26(32)33/h1-13,15H,14H2,(H,28,31)(H,32,33). The summed E-state index contributed by atoms with van der Waals surface area (Å²) in [7, 11) is 0. The summed E-state index contributed by atoms with van der Waals surface area (Å²) in [5.74, 6) is -1.39. The first-order valence-corrected chi connectivity index (χ1v) is 11.6. The maximum Gasteiger partial charge on any atom is 0.335 e. The molecule has 5 rings (SSSR count). The van der Waals surface area contributed by atoms with Gasteiger partial charge in [-0.25, -0.2) is 10.2 Å². The number of carbonyl (C=O) groups is 2. The number of thiophene rings is 1. The normalized spacial score (nSPS) is 11.3. The maximum atomic E-state index is 12.6. The van der Waals surface area contributed by atoms with Crippen molar-refractivity contribution in [1.29, 1.82) is 0 Å². The molecule has 10 heteroatoms. The van der Waals surface area contributed by atoms with Gasteiger partial charge in [-0.2, -0.15) is 5.10 Å². The molecule has 0 aliphatic carbocycles. The van der Waals surface area contributed by atoms with Crippen molar-refractivity contribution in [2.24, 2.45) is 5.10 Å². The van der Waals surface area contributed by atoms with Crippen LogP contribution in [0.4, 0.5) is 5.69 Å². The van der Waals surface area contributed by atoms with Crippen LogP contribution in [0.3, 0.4) is 0 Å². The molecule has 0 atom stereocenters. The first-order chi connectivity index (χ1) is 17.4. The number of hydrogen-bond donors (Lipinski definition) is 2. The fraction of sp³-hybridized carbons (Fsp3) is 0.0385. The quantitative estimate of drug-likeness (QED) is 0.179. The largest absolute Gasteiger partial charge is 0.478 e. The molecule has 9 nitrogen and oxygen atoms in total. The summed E-state index contributed by atoms with van der Waals surface area (Å²) in [4.78, 5) is 34.8. The van der Waals surface area contributed by atoms with Crippen LogP contribution < -0.4 is 5.43 Å². The predicted octanol–water partition coefficient (Wildman–Crippen LogP) is 5.27. The number of para-hydroxylation sites is 1. The first kappa shape index (κ1) is 22.9. The highest BCUT2D eigenvalue weighted by molar-refractivity contribution is 7.20. The molecule has 0 aliphatic rings. The minimum Gasteiger partial charge on any atom is -0.478 e. The van der Waals surface area contributed by atoms with Gasteiger partial charge in [0.1, 0.15) is 0 Å². The van der Waals surface area contributed by atoms with Crippen molar-refractivity contribution in [3.05, 3.63) is 111 Å². The number of rotatable bonds is 7. The molecule has 3 aromatic carbocycles. The van der Waals surface area contributed by atoms with Gasteiger partial charge in [-0.05, 0) is 35.9 Å². The Morgan fingerprint density at radius 2 is 1.92 bits per heavy atom. The van der Waals surface area contributed by atoms with E-state index in [2.05, 4.69) is 10.5 Å². The first-order valence-electron chi connectivity index (χ1n) is 10.8. The third-order valence-corrected chi connectivity index (χ3v) is 6.77. The van der Waals surface area contributed by atoms with Gasteiger partial charge in [0, 0.05) is 51.4 Å². The lowest BCUT2D eigenvalue weighted by Crippen LogP contribution is -2.16. The Labute approximate surface area is 208 Å². The fourth-order valence-electron chi connectivity index (χ4n) is 3.98. The Balaban J connectivity index is 1.36. The average Bonchev–Trinajstić information content (AvgIpc) is 3.45. The van der Waals surface area contributed by atoms with Crippen molar-refractivity contribution < 1.29 is 19.6 Å². The van der Waals surface area contributed by atoms with Crippen molar-refractivity contribution in [3.63, 3.8) is 0 Å². The zero-order valence-electron chi connectivity index (χ0n) is 18.6. The van der Waals surface area contributed by atoms with Gasteiger partial charge >= 0.3 is 5.97 Å². The number of non-ortho nitro benzene ring substituents is 1. The molecule has 0 radical (unpaired) electrons. The van der Waals surface area contributed by atoms with E-state index in [-0.39, 0.29) is 11.3 Å². The van der Waals surface area contributed by atoms with Gasteiger partial charge in [0.05, 0.1) is 21.6 Å². The van der Waals surface area contributed by atoms with Crippen molar-refractivity contribution in [2.75, 3.05) is 0 Å². The molecule has 0 bridgehead atoms. The van der Waals surface area contributed by atoms with E-state index in [1.807, 2.05) is 41.1 Å². The molecule has 0 aliphatic heterocycles. The Hall–Kier alpha value is -4.83. The van der Waals surface area contributed by atoms with Crippen LogP contribution >= 0.6 is 11.3 Å². The third kappa shape index (κ3) is 4.57. The number of nitro groups is 1. The van der Waals surface area contributed by atoms with E-state index < -0.39 is 16.8 Å². The molecule has 2 heterocycles. The molecule has 36 heavy (non-hydrogen) atoms. The van der Waals surface area contributed by atoms with Crippen LogP contribution in [0.5, 0.6) is 0 Å². The summed E-state index contributed by atoms with van der Waals surface area (Å²) in [6.45, 7) is 0.468. The number of aromatic carboxylic acids is 1. The number of carboxylic acids is 1. The van der Waals surface area contributed by atoms with E-state index in [1.54, 1.807) is 36.5 Å². The Morgan fingerprint density at radius 3 is 2.72 bits per heavy atom. The van der Waals surface area contributed by atoms with E-state index in [4.69, 9.17) is 0 Å². The van der Waals surface area contributed by atoms with Crippen LogP contribution in [0, 0.1) is 10.1 Å². The number of hydrogen-bond acceptors (Lipinski definition) is 6. The third-order valence-electron chi connectivity index (χ3n) is 5.65. The summed E-state index contributed by atoms with van der Waals surface area (Å²) in [6, 6.07) is 20.6. The Morgan fingerprint density at radius 1 is 1.08 bits per heavy atom. The van der Waals surface area contributed by atoms with Gasteiger partial charge in [0.15, 0.2) is 0 Å². The lowest BCUT2D eigenvalue weighted by Gasteiger charge is -2.06. The van der Waals surface area contributed by atoms with Gasteiger partial charge in [-0.15, -0.1) is 11.3 Å². The van der Waals surface area contributed by atoms with Crippen LogP contribution in [0.25, 0.3) is 21.0 Å². The Kier molecular flexibility index (Phi) is 6.01. The lowest BCUT2D eigenvalue weighted by molar-refractivity contribution is -0.384. The van der Waals surface area contributed by atoms with Crippen LogP contribution in [0.1, 0.15) is 31.2 Å². The van der Waals surface area contributed by atoms with Gasteiger partial charge in [0.2, 0.25) is 0 Å². The average molecular weight is 499 g/mol. The van der Waals surface area contributed by atoms with Crippen LogP contribution in [0.2, 0.25) is 0 Å². The number of nitrogens with zero attached hydrogens (tertiary/aromatic N) is 3. The van der Waals surface area contributed by atoms with E-state index in [0.29, 0.717) is 16.8 Å². The fourth-order valence-corrected chi connectivity index (χ4v) is 4.91. The van der Waals surface area contributed by atoms with Gasteiger partial charge < -0.3 is 9.67 Å². The minimum atomic E-state index is -0.977. The molecular formula is C26H18N4O5S. The summed E-state index contributed by atoms with van der Waals surface area (Å²) in [5.41, 5.74) is 5.29. The molecule has 0 unspecified atom stereocenters. The van der Waals surface area contributed by atoms with Gasteiger partial charge in [-0.3, -0.25) is 14.9 Å². The molecule has 0 fully saturated rings. The van der Waals surface area contributed by atoms with E-state index in [1.165, 1.54) is 23.5 Å². The minimum absolute atomic E-state index is 0.0312. The number of carboxylic acid groups (broad SMARTS) is 1. The zero-order valence-corrected chi connectivity index (χ0v) is 19.4. The van der Waals surface area contributed by atoms with E-state index in [9.17, 15) is 24.8 Å². The zero-order chi connectivity index (χ0) is 25.2.